The highest BCUT2D eigenvalue weighted by atomic mass is 16.5. The van der Waals surface area contributed by atoms with E-state index in [1.54, 1.807) is 6.07 Å². The highest BCUT2D eigenvalue weighted by Crippen LogP contribution is 2.06. The number of nitrogens with one attached hydrogen (secondary N) is 3. The third-order valence-electron chi connectivity index (χ3n) is 5.11. The van der Waals surface area contributed by atoms with E-state index >= 15 is 0 Å². The second kappa shape index (κ2) is 14.6. The van der Waals surface area contributed by atoms with E-state index in [4.69, 9.17) is 0 Å². The lowest BCUT2D eigenvalue weighted by Gasteiger charge is -2.17. The number of carbonyl (C=O) groups excluding carboxylic acids is 4. The number of carbonyl (C=O) groups is 4. The lowest BCUT2D eigenvalue weighted by atomic mass is 10.0. The molecule has 3 amide bonds. The van der Waals surface area contributed by atoms with Gasteiger partial charge in [0.05, 0.1) is 7.11 Å². The minimum Gasteiger partial charge on any atom is -0.466 e. The molecule has 0 fully saturated rings. The van der Waals surface area contributed by atoms with Gasteiger partial charge in [-0.2, -0.15) is 0 Å². The molecule has 0 saturated heterocycles. The first kappa shape index (κ1) is 27.6. The average molecular weight is 463 g/mol. The van der Waals surface area contributed by atoms with Crippen LogP contribution in [0.4, 0.5) is 5.69 Å². The Balaban J connectivity index is 2.83. The van der Waals surface area contributed by atoms with Gasteiger partial charge in [0.2, 0.25) is 17.7 Å². The van der Waals surface area contributed by atoms with Crippen LogP contribution in [0.15, 0.2) is 35.3 Å². The van der Waals surface area contributed by atoms with Crippen LogP contribution in [0.1, 0.15) is 46.5 Å². The maximum atomic E-state index is 12.7. The van der Waals surface area contributed by atoms with Gasteiger partial charge in [0, 0.05) is 25.7 Å². The zero-order chi connectivity index (χ0) is 24.8. The molecule has 0 bridgehead atoms. The number of methoxy groups -OCH3 is 1. The Bertz CT molecular complexity index is 904. The maximum Gasteiger partial charge on any atom is 0.330 e. The fourth-order valence-electron chi connectivity index (χ4n) is 3.05. The molecule has 0 aromatic carbocycles. The molecule has 10 nitrogen and oxygen atoms in total. The van der Waals surface area contributed by atoms with Gasteiger partial charge in [-0.15, -0.1) is 0 Å². The molecule has 0 spiro atoms. The van der Waals surface area contributed by atoms with Crippen molar-refractivity contribution in [2.45, 2.75) is 59.0 Å². The van der Waals surface area contributed by atoms with Crippen LogP contribution >= 0.6 is 0 Å². The summed E-state index contributed by atoms with van der Waals surface area (Å²) in [6.45, 7) is 5.76. The molecule has 0 radical (unpaired) electrons. The fourth-order valence-corrected chi connectivity index (χ4v) is 3.05. The van der Waals surface area contributed by atoms with Gasteiger partial charge in [-0.3, -0.25) is 19.2 Å². The van der Waals surface area contributed by atoms with E-state index in [1.807, 2.05) is 0 Å². The number of amides is 3. The van der Waals surface area contributed by atoms with Crippen molar-refractivity contribution in [1.29, 1.82) is 0 Å². The van der Waals surface area contributed by atoms with Crippen LogP contribution in [0.3, 0.4) is 0 Å². The summed E-state index contributed by atoms with van der Waals surface area (Å²) in [7, 11) is 1.25. The fraction of sp³-hybridized carbons (Fsp3) is 0.522. The van der Waals surface area contributed by atoms with Crippen molar-refractivity contribution in [1.82, 2.24) is 15.2 Å². The van der Waals surface area contributed by atoms with Crippen molar-refractivity contribution < 1.29 is 23.9 Å². The molecular weight excluding hydrogens is 428 g/mol. The van der Waals surface area contributed by atoms with Gasteiger partial charge in [0.1, 0.15) is 18.3 Å². The van der Waals surface area contributed by atoms with Crippen LogP contribution in [-0.2, 0) is 30.5 Å². The molecule has 0 aliphatic carbocycles. The molecule has 33 heavy (non-hydrogen) atoms. The Hall–Kier alpha value is -3.43. The molecule has 3 N–H and O–H groups in total. The molecule has 0 aliphatic heterocycles. The number of anilines is 1. The van der Waals surface area contributed by atoms with Crippen molar-refractivity contribution in [2.75, 3.05) is 19.0 Å². The monoisotopic (exact) mass is 462 g/mol. The third kappa shape index (κ3) is 10.2. The highest BCUT2D eigenvalue weighted by Gasteiger charge is 2.20. The number of esters is 1. The molecular formula is C23H34N4O6. The quantitative estimate of drug-likeness (QED) is 0.299. The van der Waals surface area contributed by atoms with Gasteiger partial charge in [-0.05, 0) is 30.9 Å². The number of aromatic nitrogens is 1. The van der Waals surface area contributed by atoms with E-state index in [2.05, 4.69) is 34.5 Å². The second-order valence-electron chi connectivity index (χ2n) is 7.59. The van der Waals surface area contributed by atoms with E-state index in [0.29, 0.717) is 18.9 Å². The number of hydrogen-bond acceptors (Lipinski definition) is 6. The average Bonchev–Trinajstić information content (AvgIpc) is 2.78. The van der Waals surface area contributed by atoms with E-state index in [1.165, 1.54) is 43.0 Å². The Kier molecular flexibility index (Phi) is 12.2. The normalized spacial score (nSPS) is 11.8. The predicted octanol–water partition coefficient (Wildman–Crippen LogP) is 1.35. The molecule has 1 aromatic heterocycles. The van der Waals surface area contributed by atoms with Gasteiger partial charge < -0.3 is 25.3 Å². The van der Waals surface area contributed by atoms with E-state index < -0.39 is 29.4 Å². The Morgan fingerprint density at radius 2 is 1.88 bits per heavy atom. The van der Waals surface area contributed by atoms with E-state index in [9.17, 15) is 24.0 Å². The molecule has 1 atom stereocenters. The van der Waals surface area contributed by atoms with Crippen molar-refractivity contribution >= 4 is 29.4 Å². The van der Waals surface area contributed by atoms with Gasteiger partial charge in [-0.1, -0.05) is 32.8 Å². The summed E-state index contributed by atoms with van der Waals surface area (Å²) in [5.74, 6) is -1.42. The Labute approximate surface area is 193 Å². The van der Waals surface area contributed by atoms with Crippen LogP contribution in [0.2, 0.25) is 0 Å². The SMILES string of the molecule is CCC(CC)CNC(=O)Cn1cccc(NC(=O)[C@H](CCC=CC(=O)OC)NC(C)=O)c1=O. The van der Waals surface area contributed by atoms with Crippen LogP contribution < -0.4 is 21.5 Å². The first-order valence-corrected chi connectivity index (χ1v) is 11.0. The van der Waals surface area contributed by atoms with Crippen LogP contribution in [0, 0.1) is 5.92 Å². The van der Waals surface area contributed by atoms with Gasteiger partial charge in [0.15, 0.2) is 0 Å². The lowest BCUT2D eigenvalue weighted by molar-refractivity contribution is -0.134. The number of allylic oxidation sites excluding steroid dienone is 1. The summed E-state index contributed by atoms with van der Waals surface area (Å²) >= 11 is 0. The van der Waals surface area contributed by atoms with Crippen molar-refractivity contribution in [3.63, 3.8) is 0 Å². The molecule has 10 heteroatoms. The molecule has 0 saturated carbocycles. The Morgan fingerprint density at radius 1 is 1.18 bits per heavy atom. The minimum absolute atomic E-state index is 0.00394. The maximum absolute atomic E-state index is 12.7. The molecule has 1 aromatic rings. The molecule has 182 valence electrons. The third-order valence-corrected chi connectivity index (χ3v) is 5.11. The summed E-state index contributed by atoms with van der Waals surface area (Å²) in [6, 6.07) is 2.07. The van der Waals surface area contributed by atoms with Gasteiger partial charge in [0.25, 0.3) is 5.56 Å². The summed E-state index contributed by atoms with van der Waals surface area (Å²) in [6.07, 6.45) is 6.66. The van der Waals surface area contributed by atoms with Crippen LogP contribution in [-0.4, -0.2) is 48.0 Å². The second-order valence-corrected chi connectivity index (χ2v) is 7.59. The number of pyridine rings is 1. The van der Waals surface area contributed by atoms with Crippen molar-refractivity contribution in [3.8, 4) is 0 Å². The van der Waals surface area contributed by atoms with E-state index in [0.717, 1.165) is 12.8 Å². The summed E-state index contributed by atoms with van der Waals surface area (Å²) in [5.41, 5.74) is -0.536. The molecule has 1 rings (SSSR count). The number of nitrogens with zero attached hydrogens (tertiary/aromatic N) is 1. The van der Waals surface area contributed by atoms with Crippen LogP contribution in [0.25, 0.3) is 0 Å². The van der Waals surface area contributed by atoms with Gasteiger partial charge in [-0.25, -0.2) is 4.79 Å². The molecule has 1 heterocycles. The summed E-state index contributed by atoms with van der Waals surface area (Å²) in [4.78, 5) is 60.3. The van der Waals surface area contributed by atoms with Gasteiger partial charge >= 0.3 is 5.97 Å². The molecule has 0 aliphatic rings. The minimum atomic E-state index is -0.916. The first-order valence-electron chi connectivity index (χ1n) is 11.0. The van der Waals surface area contributed by atoms with Crippen molar-refractivity contribution in [2.24, 2.45) is 5.92 Å². The summed E-state index contributed by atoms with van der Waals surface area (Å²) < 4.78 is 5.71. The topological polar surface area (TPSA) is 136 Å². The number of hydrogen-bond donors (Lipinski definition) is 3. The first-order chi connectivity index (χ1) is 15.7. The lowest BCUT2D eigenvalue weighted by Crippen LogP contribution is -2.44. The molecule has 0 unspecified atom stereocenters. The zero-order valence-electron chi connectivity index (χ0n) is 19.7. The zero-order valence-corrected chi connectivity index (χ0v) is 19.7. The van der Waals surface area contributed by atoms with Crippen molar-refractivity contribution in [3.05, 3.63) is 40.8 Å². The summed E-state index contributed by atoms with van der Waals surface area (Å²) in [5, 5.41) is 7.89. The predicted molar refractivity (Wildman–Crippen MR) is 124 cm³/mol. The Morgan fingerprint density at radius 3 is 2.48 bits per heavy atom. The largest absolute Gasteiger partial charge is 0.466 e. The van der Waals surface area contributed by atoms with Crippen LogP contribution in [0.5, 0.6) is 0 Å². The highest BCUT2D eigenvalue weighted by molar-refractivity contribution is 5.96. The van der Waals surface area contributed by atoms with E-state index in [-0.39, 0.29) is 24.6 Å². The smallest absolute Gasteiger partial charge is 0.330 e. The number of rotatable bonds is 13. The standard InChI is InChI=1S/C23H34N4O6/c1-5-17(6-2)14-24-20(29)15-27-13-9-11-19(23(27)32)26-22(31)18(25-16(3)28)10-7-8-12-21(30)33-4/h8-9,11-13,17-18H,5-7,10,14-15H2,1-4H3,(H,24,29)(H,25,28)(H,26,31)/t18-/m0/s1. The number of ether oxygens (including phenoxy) is 1.